The monoisotopic (exact) mass is 216 g/mol. The molecule has 0 bridgehead atoms. The normalized spacial score (nSPS) is 27.7. The van der Waals surface area contributed by atoms with Gasteiger partial charge in [-0.25, -0.2) is 8.78 Å². The Hall–Kier alpha value is -1.46. The van der Waals surface area contributed by atoms with E-state index in [9.17, 15) is 13.6 Å². The summed E-state index contributed by atoms with van der Waals surface area (Å²) in [6.45, 7) is 2.33. The Labute approximate surface area is 84.5 Å². The second kappa shape index (κ2) is 2.77. The van der Waals surface area contributed by atoms with E-state index in [-0.39, 0.29) is 5.56 Å². The third kappa shape index (κ3) is 1.17. The Bertz CT molecular complexity index is 416. The minimum atomic E-state index is -3.15. The number of rotatable bonds is 3. The lowest BCUT2D eigenvalue weighted by Gasteiger charge is -2.07. The predicted octanol–water partition coefficient (Wildman–Crippen LogP) is 1.26. The topological polar surface area (TPSA) is 55.1 Å². The number of hydrogen-bond donors (Lipinski definition) is 1. The zero-order chi connectivity index (χ0) is 11.3. The molecule has 1 fully saturated rings. The maximum absolute atomic E-state index is 13.1. The average Bonchev–Trinajstić information content (AvgIpc) is 2.60. The van der Waals surface area contributed by atoms with Crippen LogP contribution < -0.4 is 0 Å². The van der Waals surface area contributed by atoms with Crippen LogP contribution in [0.1, 0.15) is 18.9 Å². The van der Waals surface area contributed by atoms with Crippen molar-refractivity contribution >= 4 is 5.97 Å². The van der Waals surface area contributed by atoms with Crippen LogP contribution in [0.15, 0.2) is 12.4 Å². The van der Waals surface area contributed by atoms with Gasteiger partial charge in [0.25, 0.3) is 5.92 Å². The van der Waals surface area contributed by atoms with Gasteiger partial charge in [0, 0.05) is 24.7 Å². The zero-order valence-corrected chi connectivity index (χ0v) is 8.07. The first-order valence-corrected chi connectivity index (χ1v) is 4.58. The van der Waals surface area contributed by atoms with Gasteiger partial charge in [-0.15, -0.1) is 0 Å². The molecule has 1 atom stereocenters. The molecular formula is C9H10F2N2O2. The Kier molecular flexibility index (Phi) is 1.86. The molecule has 1 aliphatic rings. The van der Waals surface area contributed by atoms with Gasteiger partial charge in [0.2, 0.25) is 0 Å². The van der Waals surface area contributed by atoms with E-state index in [1.807, 2.05) is 0 Å². The first-order chi connectivity index (χ1) is 6.94. The highest BCUT2D eigenvalue weighted by Crippen LogP contribution is 2.61. The second-order valence-electron chi connectivity index (χ2n) is 3.68. The van der Waals surface area contributed by atoms with Crippen LogP contribution in [0.3, 0.4) is 0 Å². The van der Waals surface area contributed by atoms with Gasteiger partial charge in [0.1, 0.15) is 0 Å². The quantitative estimate of drug-likeness (QED) is 0.827. The molecule has 6 heteroatoms. The highest BCUT2D eigenvalue weighted by atomic mass is 19.3. The van der Waals surface area contributed by atoms with E-state index in [4.69, 9.17) is 5.11 Å². The number of aliphatic carboxylic acids is 1. The zero-order valence-electron chi connectivity index (χ0n) is 8.07. The van der Waals surface area contributed by atoms with E-state index in [1.54, 1.807) is 6.92 Å². The number of carboxylic acids is 1. The van der Waals surface area contributed by atoms with Crippen LogP contribution in [0, 0.1) is 0 Å². The van der Waals surface area contributed by atoms with Gasteiger partial charge in [0.15, 0.2) is 5.41 Å². The Morgan fingerprint density at radius 3 is 2.67 bits per heavy atom. The fourth-order valence-corrected chi connectivity index (χ4v) is 1.71. The third-order valence-corrected chi connectivity index (χ3v) is 2.80. The van der Waals surface area contributed by atoms with Gasteiger partial charge in [-0.2, -0.15) is 5.10 Å². The van der Waals surface area contributed by atoms with Crippen molar-refractivity contribution in [1.82, 2.24) is 9.78 Å². The largest absolute Gasteiger partial charge is 0.480 e. The van der Waals surface area contributed by atoms with Crippen molar-refractivity contribution in [1.29, 1.82) is 0 Å². The second-order valence-corrected chi connectivity index (χ2v) is 3.68. The molecule has 1 aliphatic carbocycles. The smallest absolute Gasteiger partial charge is 0.320 e. The van der Waals surface area contributed by atoms with Crippen LogP contribution in [0.4, 0.5) is 8.78 Å². The van der Waals surface area contributed by atoms with Crippen molar-refractivity contribution in [3.8, 4) is 0 Å². The Morgan fingerprint density at radius 2 is 2.33 bits per heavy atom. The van der Waals surface area contributed by atoms with Crippen molar-refractivity contribution < 1.29 is 18.7 Å². The first-order valence-electron chi connectivity index (χ1n) is 4.58. The molecule has 1 aromatic rings. The molecule has 4 nitrogen and oxygen atoms in total. The average molecular weight is 216 g/mol. The molecule has 0 radical (unpaired) electrons. The van der Waals surface area contributed by atoms with Crippen LogP contribution in [0.5, 0.6) is 0 Å². The molecule has 0 saturated heterocycles. The van der Waals surface area contributed by atoms with Crippen LogP contribution in [-0.4, -0.2) is 26.8 Å². The van der Waals surface area contributed by atoms with E-state index >= 15 is 0 Å². The Morgan fingerprint density at radius 1 is 1.73 bits per heavy atom. The molecule has 0 spiro atoms. The first kappa shape index (κ1) is 10.1. The maximum atomic E-state index is 13.1. The highest BCUT2D eigenvalue weighted by Gasteiger charge is 2.77. The summed E-state index contributed by atoms with van der Waals surface area (Å²) in [6.07, 6.45) is 1.94. The van der Waals surface area contributed by atoms with Crippen LogP contribution in [0.25, 0.3) is 0 Å². The van der Waals surface area contributed by atoms with Gasteiger partial charge < -0.3 is 5.11 Å². The molecular weight excluding hydrogens is 206 g/mol. The molecule has 2 rings (SSSR count). The summed E-state index contributed by atoms with van der Waals surface area (Å²) in [7, 11) is 0. The lowest BCUT2D eigenvalue weighted by Crippen LogP contribution is -2.26. The number of aromatic nitrogens is 2. The van der Waals surface area contributed by atoms with Crippen molar-refractivity contribution in [3.05, 3.63) is 18.0 Å². The van der Waals surface area contributed by atoms with E-state index in [1.165, 1.54) is 17.1 Å². The molecule has 1 heterocycles. The van der Waals surface area contributed by atoms with Gasteiger partial charge >= 0.3 is 5.97 Å². The number of hydrogen-bond acceptors (Lipinski definition) is 2. The fraction of sp³-hybridized carbons (Fsp3) is 0.556. The van der Waals surface area contributed by atoms with Gasteiger partial charge in [0.05, 0.1) is 6.20 Å². The number of alkyl halides is 2. The number of nitrogens with zero attached hydrogens (tertiary/aromatic N) is 2. The summed E-state index contributed by atoms with van der Waals surface area (Å²) < 4.78 is 27.6. The van der Waals surface area contributed by atoms with E-state index in [0.29, 0.717) is 6.54 Å². The van der Waals surface area contributed by atoms with Crippen molar-refractivity contribution in [2.75, 3.05) is 0 Å². The number of carboxylic acid groups (broad SMARTS) is 1. The molecule has 15 heavy (non-hydrogen) atoms. The molecule has 0 aliphatic heterocycles. The minimum absolute atomic E-state index is 0.0850. The number of aryl methyl sites for hydroxylation is 1. The summed E-state index contributed by atoms with van der Waals surface area (Å²) >= 11 is 0. The molecule has 0 amide bonds. The summed E-state index contributed by atoms with van der Waals surface area (Å²) in [6, 6.07) is 0. The lowest BCUT2D eigenvalue weighted by molar-refractivity contribution is -0.142. The molecule has 1 saturated carbocycles. The van der Waals surface area contributed by atoms with Crippen molar-refractivity contribution in [3.63, 3.8) is 0 Å². The minimum Gasteiger partial charge on any atom is -0.480 e. The third-order valence-electron chi connectivity index (χ3n) is 2.80. The predicted molar refractivity (Wildman–Crippen MR) is 46.8 cm³/mol. The number of carbonyl (C=O) groups is 1. The van der Waals surface area contributed by atoms with Gasteiger partial charge in [-0.3, -0.25) is 9.48 Å². The summed E-state index contributed by atoms with van der Waals surface area (Å²) in [5, 5.41) is 12.7. The SMILES string of the molecule is CCn1cc(C2(C(=O)O)CC2(F)F)cn1. The van der Waals surface area contributed by atoms with E-state index in [0.717, 1.165) is 0 Å². The standard InChI is InChI=1S/C9H10F2N2O2/c1-2-13-4-6(3-12-13)8(7(14)15)5-9(8,10)11/h3-4H,2,5H2,1H3,(H,14,15). The maximum Gasteiger partial charge on any atom is 0.320 e. The van der Waals surface area contributed by atoms with Crippen LogP contribution >= 0.6 is 0 Å². The van der Waals surface area contributed by atoms with Crippen molar-refractivity contribution in [2.45, 2.75) is 31.2 Å². The molecule has 1 aromatic heterocycles. The summed E-state index contributed by atoms with van der Waals surface area (Å²) in [5.74, 6) is -4.64. The van der Waals surface area contributed by atoms with E-state index in [2.05, 4.69) is 5.10 Å². The van der Waals surface area contributed by atoms with Crippen LogP contribution in [-0.2, 0) is 16.8 Å². The van der Waals surface area contributed by atoms with Crippen molar-refractivity contribution in [2.24, 2.45) is 0 Å². The molecule has 1 unspecified atom stereocenters. The van der Waals surface area contributed by atoms with Gasteiger partial charge in [-0.05, 0) is 6.92 Å². The van der Waals surface area contributed by atoms with Crippen LogP contribution in [0.2, 0.25) is 0 Å². The molecule has 82 valence electrons. The Balaban J connectivity index is 2.40. The molecule has 1 N–H and O–H groups in total. The van der Waals surface area contributed by atoms with Gasteiger partial charge in [-0.1, -0.05) is 0 Å². The summed E-state index contributed by atoms with van der Waals surface area (Å²) in [5.41, 5.74) is -1.96. The summed E-state index contributed by atoms with van der Waals surface area (Å²) in [4.78, 5) is 10.9. The highest BCUT2D eigenvalue weighted by molar-refractivity contribution is 5.87. The molecule has 0 aromatic carbocycles. The fourth-order valence-electron chi connectivity index (χ4n) is 1.71. The lowest BCUT2D eigenvalue weighted by atomic mass is 9.99. The van der Waals surface area contributed by atoms with E-state index < -0.39 is 23.7 Å². The number of halogens is 2.